The van der Waals surface area contributed by atoms with Gasteiger partial charge in [0, 0.05) is 19.5 Å². The number of nitrogens with zero attached hydrogens (tertiary/aromatic N) is 1. The maximum Gasteiger partial charge on any atom is 0.234 e. The van der Waals surface area contributed by atoms with E-state index in [2.05, 4.69) is 23.5 Å². The maximum absolute atomic E-state index is 12.7. The summed E-state index contributed by atoms with van der Waals surface area (Å²) >= 11 is 0. The van der Waals surface area contributed by atoms with Gasteiger partial charge in [-0.1, -0.05) is 48.5 Å². The van der Waals surface area contributed by atoms with Crippen LogP contribution in [0.3, 0.4) is 0 Å². The minimum atomic E-state index is -0.356. The average Bonchev–Trinajstić information content (AvgIpc) is 2.72. The highest BCUT2D eigenvalue weighted by Gasteiger charge is 2.17. The Morgan fingerprint density at radius 3 is 2.52 bits per heavy atom. The first-order valence-corrected chi connectivity index (χ1v) is 10.5. The molecule has 5 nitrogen and oxygen atoms in total. The van der Waals surface area contributed by atoms with Crippen LogP contribution in [0.4, 0.5) is 0 Å². The van der Waals surface area contributed by atoms with Crippen LogP contribution in [0.2, 0.25) is 0 Å². The molecule has 1 aliphatic rings. The van der Waals surface area contributed by atoms with E-state index >= 15 is 0 Å². The van der Waals surface area contributed by atoms with E-state index < -0.39 is 0 Å². The first-order chi connectivity index (χ1) is 14.0. The molecule has 5 heteroatoms. The van der Waals surface area contributed by atoms with Crippen molar-refractivity contribution in [1.29, 1.82) is 0 Å². The van der Waals surface area contributed by atoms with Gasteiger partial charge in [0.25, 0.3) is 0 Å². The highest BCUT2D eigenvalue weighted by atomic mass is 16.2. The number of amides is 2. The molecule has 2 amide bonds. The third-order valence-corrected chi connectivity index (χ3v) is 5.54. The van der Waals surface area contributed by atoms with E-state index in [1.165, 1.54) is 24.0 Å². The fourth-order valence-corrected chi connectivity index (χ4v) is 3.92. The number of aryl methyl sites for hydroxylation is 2. The Morgan fingerprint density at radius 1 is 1.07 bits per heavy atom. The van der Waals surface area contributed by atoms with Gasteiger partial charge in [0.2, 0.25) is 11.8 Å². The lowest BCUT2D eigenvalue weighted by atomic mass is 9.89. The Labute approximate surface area is 173 Å². The minimum absolute atomic E-state index is 0.0457. The molecule has 0 saturated carbocycles. The van der Waals surface area contributed by atoms with Crippen molar-refractivity contribution in [3.8, 4) is 0 Å². The van der Waals surface area contributed by atoms with Crippen LogP contribution in [-0.2, 0) is 29.0 Å². The van der Waals surface area contributed by atoms with Gasteiger partial charge in [-0.25, -0.2) is 0 Å². The third-order valence-electron chi connectivity index (χ3n) is 5.54. The Morgan fingerprint density at radius 2 is 1.79 bits per heavy atom. The number of hydrogen-bond acceptors (Lipinski definition) is 3. The summed E-state index contributed by atoms with van der Waals surface area (Å²) in [6.45, 7) is 3.32. The van der Waals surface area contributed by atoms with E-state index in [-0.39, 0.29) is 30.8 Å². The maximum atomic E-state index is 12.7. The van der Waals surface area contributed by atoms with Gasteiger partial charge >= 0.3 is 0 Å². The molecule has 3 N–H and O–H groups in total. The van der Waals surface area contributed by atoms with Crippen LogP contribution in [0.5, 0.6) is 0 Å². The molecule has 0 heterocycles. The Bertz CT molecular complexity index is 835. The van der Waals surface area contributed by atoms with Gasteiger partial charge in [-0.3, -0.25) is 14.5 Å². The summed E-state index contributed by atoms with van der Waals surface area (Å²) in [5, 5.41) is 3.11. The van der Waals surface area contributed by atoms with Crippen LogP contribution in [-0.4, -0.2) is 29.8 Å². The quantitative estimate of drug-likeness (QED) is 0.687. The summed E-state index contributed by atoms with van der Waals surface area (Å²) in [5.41, 5.74) is 10.4. The molecule has 0 bridgehead atoms. The lowest BCUT2D eigenvalue weighted by Gasteiger charge is -2.24. The van der Waals surface area contributed by atoms with E-state index in [4.69, 9.17) is 5.73 Å². The zero-order valence-electron chi connectivity index (χ0n) is 17.2. The molecule has 2 aromatic rings. The second-order valence-corrected chi connectivity index (χ2v) is 7.94. The Balaban J connectivity index is 1.60. The number of rotatable bonds is 9. The standard InChI is InChI=1S/C24H31N3O2/c1-18(21-12-11-20-9-5-6-10-22(20)15-21)26-24(29)17-27(14-13-23(25)28)16-19-7-3-2-4-8-19/h2-4,7-8,11-12,15,18H,5-6,9-10,13-14,16-17H2,1H3,(H2,25,28)(H,26,29). The zero-order chi connectivity index (χ0) is 20.6. The number of carbonyl (C=O) groups is 2. The van der Waals surface area contributed by atoms with Crippen LogP contribution in [0, 0.1) is 0 Å². The SMILES string of the molecule is CC(NC(=O)CN(CCC(N)=O)Cc1ccccc1)c1ccc2c(c1)CCCC2. The summed E-state index contributed by atoms with van der Waals surface area (Å²) in [4.78, 5) is 25.9. The first kappa shape index (κ1) is 21.1. The highest BCUT2D eigenvalue weighted by Crippen LogP contribution is 2.24. The molecule has 154 valence electrons. The van der Waals surface area contributed by atoms with Gasteiger partial charge in [-0.05, 0) is 54.9 Å². The van der Waals surface area contributed by atoms with Crippen LogP contribution in [0.1, 0.15) is 54.5 Å². The van der Waals surface area contributed by atoms with Gasteiger partial charge in [-0.15, -0.1) is 0 Å². The molecular weight excluding hydrogens is 362 g/mol. The van der Waals surface area contributed by atoms with Crippen molar-refractivity contribution in [3.63, 3.8) is 0 Å². The van der Waals surface area contributed by atoms with Crippen molar-refractivity contribution in [2.45, 2.75) is 51.6 Å². The second kappa shape index (κ2) is 10.2. The number of primary amides is 1. The van der Waals surface area contributed by atoms with Gasteiger partial charge in [0.05, 0.1) is 12.6 Å². The number of carbonyl (C=O) groups excluding carboxylic acids is 2. The topological polar surface area (TPSA) is 75.4 Å². The molecule has 1 unspecified atom stereocenters. The zero-order valence-corrected chi connectivity index (χ0v) is 17.2. The van der Waals surface area contributed by atoms with Crippen LogP contribution in [0.25, 0.3) is 0 Å². The Kier molecular flexibility index (Phi) is 7.42. The third kappa shape index (κ3) is 6.43. The molecule has 0 radical (unpaired) electrons. The summed E-state index contributed by atoms with van der Waals surface area (Å²) in [6.07, 6.45) is 5.03. The van der Waals surface area contributed by atoms with Gasteiger partial charge in [0.1, 0.15) is 0 Å². The fraction of sp³-hybridized carbons (Fsp3) is 0.417. The summed E-state index contributed by atoms with van der Waals surface area (Å²) in [5.74, 6) is -0.401. The van der Waals surface area contributed by atoms with Crippen molar-refractivity contribution in [3.05, 3.63) is 70.8 Å². The van der Waals surface area contributed by atoms with Crippen LogP contribution < -0.4 is 11.1 Å². The van der Waals surface area contributed by atoms with Gasteiger partial charge < -0.3 is 11.1 Å². The normalized spacial score (nSPS) is 14.3. The lowest BCUT2D eigenvalue weighted by Crippen LogP contribution is -2.39. The summed E-state index contributed by atoms with van der Waals surface area (Å²) in [6, 6.07) is 16.5. The van der Waals surface area contributed by atoms with Gasteiger partial charge in [0.15, 0.2) is 0 Å². The number of hydrogen-bond donors (Lipinski definition) is 2. The van der Waals surface area contributed by atoms with Crippen molar-refractivity contribution >= 4 is 11.8 Å². The Hall–Kier alpha value is -2.66. The van der Waals surface area contributed by atoms with Crippen LogP contribution >= 0.6 is 0 Å². The lowest BCUT2D eigenvalue weighted by molar-refractivity contribution is -0.124. The van der Waals surface area contributed by atoms with E-state index in [0.717, 1.165) is 24.0 Å². The largest absolute Gasteiger partial charge is 0.370 e. The molecule has 3 rings (SSSR count). The molecular formula is C24H31N3O2. The molecule has 2 aromatic carbocycles. The molecule has 1 aliphatic carbocycles. The van der Waals surface area contributed by atoms with Crippen molar-refractivity contribution in [2.75, 3.05) is 13.1 Å². The number of fused-ring (bicyclic) bond motifs is 1. The van der Waals surface area contributed by atoms with E-state index in [1.54, 1.807) is 0 Å². The highest BCUT2D eigenvalue weighted by molar-refractivity contribution is 5.78. The molecule has 1 atom stereocenters. The molecule has 0 saturated heterocycles. The number of nitrogens with one attached hydrogen (secondary N) is 1. The van der Waals surface area contributed by atoms with Crippen molar-refractivity contribution in [2.24, 2.45) is 5.73 Å². The van der Waals surface area contributed by atoms with E-state index in [1.807, 2.05) is 42.2 Å². The van der Waals surface area contributed by atoms with E-state index in [9.17, 15) is 9.59 Å². The summed E-state index contributed by atoms with van der Waals surface area (Å²) < 4.78 is 0. The first-order valence-electron chi connectivity index (χ1n) is 10.5. The average molecular weight is 394 g/mol. The molecule has 0 aliphatic heterocycles. The van der Waals surface area contributed by atoms with E-state index in [0.29, 0.717) is 13.1 Å². The fourth-order valence-electron chi connectivity index (χ4n) is 3.92. The predicted molar refractivity (Wildman–Crippen MR) is 115 cm³/mol. The molecule has 0 fully saturated rings. The minimum Gasteiger partial charge on any atom is -0.370 e. The van der Waals surface area contributed by atoms with Gasteiger partial charge in [-0.2, -0.15) is 0 Å². The predicted octanol–water partition coefficient (Wildman–Crippen LogP) is 3.12. The second-order valence-electron chi connectivity index (χ2n) is 7.94. The van der Waals surface area contributed by atoms with Crippen molar-refractivity contribution in [1.82, 2.24) is 10.2 Å². The monoisotopic (exact) mass is 393 g/mol. The molecule has 0 aromatic heterocycles. The van der Waals surface area contributed by atoms with Crippen LogP contribution in [0.15, 0.2) is 48.5 Å². The number of benzene rings is 2. The number of nitrogens with two attached hydrogens (primary N) is 1. The summed E-state index contributed by atoms with van der Waals surface area (Å²) in [7, 11) is 0. The molecule has 0 spiro atoms. The smallest absolute Gasteiger partial charge is 0.234 e. The molecule has 29 heavy (non-hydrogen) atoms. The van der Waals surface area contributed by atoms with Crippen molar-refractivity contribution < 1.29 is 9.59 Å².